The van der Waals surface area contributed by atoms with Gasteiger partial charge in [-0.05, 0) is 37.3 Å². The molecule has 0 aliphatic heterocycles. The van der Waals surface area contributed by atoms with Gasteiger partial charge in [-0.15, -0.1) is 0 Å². The van der Waals surface area contributed by atoms with Crippen molar-refractivity contribution < 1.29 is 18.7 Å². The second-order valence-electron chi connectivity index (χ2n) is 5.35. The molecule has 2 aromatic carbocycles. The summed E-state index contributed by atoms with van der Waals surface area (Å²) in [7, 11) is 3.03. The first-order valence-corrected chi connectivity index (χ1v) is 7.67. The van der Waals surface area contributed by atoms with E-state index < -0.39 is 0 Å². The van der Waals surface area contributed by atoms with E-state index in [9.17, 15) is 4.79 Å². The second kappa shape index (κ2) is 7.09. The number of methoxy groups -OCH3 is 2. The van der Waals surface area contributed by atoms with Gasteiger partial charge in [0.2, 0.25) is 5.89 Å². The highest BCUT2D eigenvalue weighted by Crippen LogP contribution is 2.31. The van der Waals surface area contributed by atoms with Crippen molar-refractivity contribution in [3.63, 3.8) is 0 Å². The van der Waals surface area contributed by atoms with E-state index in [0.717, 1.165) is 11.3 Å². The summed E-state index contributed by atoms with van der Waals surface area (Å²) in [5.41, 5.74) is 1.80. The van der Waals surface area contributed by atoms with Crippen LogP contribution in [-0.2, 0) is 0 Å². The Kier molecular flexibility index (Phi) is 4.70. The Bertz CT molecular complexity index is 902. The molecule has 1 N–H and O–H groups in total. The number of benzene rings is 2. The van der Waals surface area contributed by atoms with Gasteiger partial charge in [-0.1, -0.05) is 12.1 Å². The lowest BCUT2D eigenvalue weighted by atomic mass is 10.1. The van der Waals surface area contributed by atoms with Crippen molar-refractivity contribution in [2.45, 2.75) is 6.92 Å². The van der Waals surface area contributed by atoms with Crippen molar-refractivity contribution in [3.8, 4) is 23.0 Å². The van der Waals surface area contributed by atoms with E-state index in [1.165, 1.54) is 14.2 Å². The lowest BCUT2D eigenvalue weighted by Gasteiger charge is -2.12. The van der Waals surface area contributed by atoms with Crippen LogP contribution >= 0.6 is 0 Å². The number of anilines is 1. The van der Waals surface area contributed by atoms with Crippen molar-refractivity contribution in [2.24, 2.45) is 0 Å². The van der Waals surface area contributed by atoms with Crippen molar-refractivity contribution in [1.82, 2.24) is 4.98 Å². The summed E-state index contributed by atoms with van der Waals surface area (Å²) in [5.74, 6) is 1.83. The van der Waals surface area contributed by atoms with E-state index in [-0.39, 0.29) is 5.91 Å². The Balaban J connectivity index is 1.87. The first-order chi connectivity index (χ1) is 12.1. The summed E-state index contributed by atoms with van der Waals surface area (Å²) in [6, 6.07) is 12.4. The highest BCUT2D eigenvalue weighted by Gasteiger charge is 2.17. The molecule has 3 rings (SSSR count). The molecule has 1 heterocycles. The van der Waals surface area contributed by atoms with Crippen molar-refractivity contribution in [1.29, 1.82) is 0 Å². The molecule has 0 aliphatic carbocycles. The number of rotatable bonds is 5. The van der Waals surface area contributed by atoms with Crippen LogP contribution < -0.4 is 14.8 Å². The minimum Gasteiger partial charge on any atom is -0.493 e. The summed E-state index contributed by atoms with van der Waals surface area (Å²) in [6.07, 6.45) is 1.65. The molecular weight excluding hydrogens is 320 g/mol. The van der Waals surface area contributed by atoms with Crippen LogP contribution in [0.3, 0.4) is 0 Å². The van der Waals surface area contributed by atoms with E-state index in [0.29, 0.717) is 28.6 Å². The zero-order chi connectivity index (χ0) is 17.8. The molecule has 0 saturated carbocycles. The number of hydrogen-bond donors (Lipinski definition) is 1. The molecule has 0 radical (unpaired) electrons. The van der Waals surface area contributed by atoms with Gasteiger partial charge in [-0.2, -0.15) is 0 Å². The Morgan fingerprint density at radius 2 is 1.92 bits per heavy atom. The number of para-hydroxylation sites is 1. The number of carbonyl (C=O) groups is 1. The lowest BCUT2D eigenvalue weighted by molar-refractivity contribution is 0.102. The lowest BCUT2D eigenvalue weighted by Crippen LogP contribution is -2.13. The third-order valence-corrected chi connectivity index (χ3v) is 3.64. The predicted octanol–water partition coefficient (Wildman–Crippen LogP) is 3.92. The first kappa shape index (κ1) is 16.6. The number of ether oxygens (including phenoxy) is 2. The van der Waals surface area contributed by atoms with Crippen LogP contribution in [0.2, 0.25) is 0 Å². The molecule has 0 bridgehead atoms. The van der Waals surface area contributed by atoms with Gasteiger partial charge in [0.1, 0.15) is 5.76 Å². The number of oxazole rings is 1. The summed E-state index contributed by atoms with van der Waals surface area (Å²) in [5, 5.41) is 2.86. The monoisotopic (exact) mass is 338 g/mol. The van der Waals surface area contributed by atoms with Gasteiger partial charge >= 0.3 is 0 Å². The van der Waals surface area contributed by atoms with Crippen molar-refractivity contribution in [2.75, 3.05) is 19.5 Å². The van der Waals surface area contributed by atoms with Gasteiger partial charge in [-0.3, -0.25) is 4.79 Å². The van der Waals surface area contributed by atoms with Crippen LogP contribution in [0.25, 0.3) is 11.5 Å². The molecule has 0 unspecified atom stereocenters. The number of hydrogen-bond acceptors (Lipinski definition) is 5. The zero-order valence-electron chi connectivity index (χ0n) is 14.2. The minimum atomic E-state index is -0.295. The largest absolute Gasteiger partial charge is 0.493 e. The average Bonchev–Trinajstić information content (AvgIpc) is 3.07. The number of nitrogens with zero attached hydrogens (tertiary/aromatic N) is 1. The standard InChI is InChI=1S/C19H18N2O4/c1-12-11-20-19(25-12)13-6-4-7-14(10-13)21-18(22)15-8-5-9-16(23-2)17(15)24-3/h4-11H,1-3H3,(H,21,22). The first-order valence-electron chi connectivity index (χ1n) is 7.67. The van der Waals surface area contributed by atoms with Gasteiger partial charge in [0.25, 0.3) is 5.91 Å². The normalized spacial score (nSPS) is 10.4. The summed E-state index contributed by atoms with van der Waals surface area (Å²) in [6.45, 7) is 1.83. The molecule has 0 spiro atoms. The molecule has 0 aliphatic rings. The number of aromatic nitrogens is 1. The fourth-order valence-electron chi connectivity index (χ4n) is 2.48. The SMILES string of the molecule is COc1cccc(C(=O)Nc2cccc(-c3ncc(C)o3)c2)c1OC. The van der Waals surface area contributed by atoms with Crippen LogP contribution in [0.1, 0.15) is 16.1 Å². The maximum Gasteiger partial charge on any atom is 0.259 e. The highest BCUT2D eigenvalue weighted by atomic mass is 16.5. The van der Waals surface area contributed by atoms with Gasteiger partial charge in [0, 0.05) is 11.3 Å². The number of carbonyl (C=O) groups excluding carboxylic acids is 1. The van der Waals surface area contributed by atoms with Crippen LogP contribution in [0, 0.1) is 6.92 Å². The van der Waals surface area contributed by atoms with Gasteiger partial charge in [0.15, 0.2) is 11.5 Å². The number of amides is 1. The third kappa shape index (κ3) is 3.47. The molecule has 25 heavy (non-hydrogen) atoms. The topological polar surface area (TPSA) is 73.6 Å². The molecule has 0 fully saturated rings. The molecule has 0 atom stereocenters. The quantitative estimate of drug-likeness (QED) is 0.763. The molecule has 6 heteroatoms. The second-order valence-corrected chi connectivity index (χ2v) is 5.35. The summed E-state index contributed by atoms with van der Waals surface area (Å²) >= 11 is 0. The van der Waals surface area contributed by atoms with E-state index in [1.807, 2.05) is 19.1 Å². The van der Waals surface area contributed by atoms with Gasteiger partial charge in [-0.25, -0.2) is 4.98 Å². The predicted molar refractivity (Wildman–Crippen MR) is 94.2 cm³/mol. The Morgan fingerprint density at radius 1 is 1.12 bits per heavy atom. The third-order valence-electron chi connectivity index (χ3n) is 3.64. The highest BCUT2D eigenvalue weighted by molar-refractivity contribution is 6.06. The fourth-order valence-corrected chi connectivity index (χ4v) is 2.48. The minimum absolute atomic E-state index is 0.295. The molecule has 0 saturated heterocycles. The Labute approximate surface area is 145 Å². The molecule has 128 valence electrons. The van der Waals surface area contributed by atoms with Crippen molar-refractivity contribution in [3.05, 3.63) is 60.0 Å². The summed E-state index contributed by atoms with van der Waals surface area (Å²) < 4.78 is 16.1. The van der Waals surface area contributed by atoms with E-state index in [4.69, 9.17) is 13.9 Å². The molecule has 1 aromatic heterocycles. The van der Waals surface area contributed by atoms with Crippen LogP contribution in [-0.4, -0.2) is 25.1 Å². The Morgan fingerprint density at radius 3 is 2.60 bits per heavy atom. The molecule has 1 amide bonds. The molecular formula is C19H18N2O4. The van der Waals surface area contributed by atoms with Gasteiger partial charge < -0.3 is 19.2 Å². The van der Waals surface area contributed by atoms with Crippen LogP contribution in [0.5, 0.6) is 11.5 Å². The fraction of sp³-hybridized carbons (Fsp3) is 0.158. The average molecular weight is 338 g/mol. The van der Waals surface area contributed by atoms with E-state index in [1.54, 1.807) is 36.5 Å². The van der Waals surface area contributed by atoms with Crippen LogP contribution in [0.4, 0.5) is 5.69 Å². The maximum absolute atomic E-state index is 12.6. The van der Waals surface area contributed by atoms with Gasteiger partial charge in [0.05, 0.1) is 26.0 Å². The maximum atomic E-state index is 12.6. The van der Waals surface area contributed by atoms with Crippen LogP contribution in [0.15, 0.2) is 53.1 Å². The number of nitrogens with one attached hydrogen (secondary N) is 1. The van der Waals surface area contributed by atoms with Crippen molar-refractivity contribution >= 4 is 11.6 Å². The van der Waals surface area contributed by atoms with E-state index >= 15 is 0 Å². The molecule has 3 aromatic rings. The zero-order valence-corrected chi connectivity index (χ0v) is 14.2. The smallest absolute Gasteiger partial charge is 0.259 e. The molecule has 6 nitrogen and oxygen atoms in total. The van der Waals surface area contributed by atoms with E-state index in [2.05, 4.69) is 10.3 Å². The summed E-state index contributed by atoms with van der Waals surface area (Å²) in [4.78, 5) is 16.8. The Hall–Kier alpha value is -3.28. The number of aryl methyl sites for hydroxylation is 1.